The number of hydrogen-bond acceptors (Lipinski definition) is 2. The number of rotatable bonds is 7. The molecule has 30 heavy (non-hydrogen) atoms. The van der Waals surface area contributed by atoms with E-state index in [0.717, 1.165) is 36.8 Å². The molecule has 0 unspecified atom stereocenters. The van der Waals surface area contributed by atoms with Gasteiger partial charge in [-0.05, 0) is 29.9 Å². The molecular formula is C26H34N2O2. The molecule has 1 atom stereocenters. The minimum absolute atomic E-state index is 0.00641. The maximum atomic E-state index is 13.4. The van der Waals surface area contributed by atoms with Crippen LogP contribution in [0, 0.1) is 5.92 Å². The van der Waals surface area contributed by atoms with Gasteiger partial charge in [0.1, 0.15) is 6.04 Å². The highest BCUT2D eigenvalue weighted by molar-refractivity contribution is 5.92. The van der Waals surface area contributed by atoms with Gasteiger partial charge >= 0.3 is 0 Å². The number of hydrogen-bond donors (Lipinski definition) is 2. The second-order valence-electron chi connectivity index (χ2n) is 8.68. The van der Waals surface area contributed by atoms with Crippen molar-refractivity contribution in [3.05, 3.63) is 71.8 Å². The van der Waals surface area contributed by atoms with Crippen molar-refractivity contribution in [1.82, 2.24) is 10.6 Å². The smallest absolute Gasteiger partial charge is 0.243 e. The van der Waals surface area contributed by atoms with Gasteiger partial charge in [-0.3, -0.25) is 9.59 Å². The Bertz CT molecular complexity index is 757. The van der Waals surface area contributed by atoms with Gasteiger partial charge in [-0.1, -0.05) is 100 Å². The fraction of sp³-hybridized carbons (Fsp3) is 0.462. The molecule has 2 amide bonds. The number of benzene rings is 2. The summed E-state index contributed by atoms with van der Waals surface area (Å²) in [4.78, 5) is 26.5. The van der Waals surface area contributed by atoms with Crippen molar-refractivity contribution in [2.75, 3.05) is 0 Å². The topological polar surface area (TPSA) is 58.2 Å². The molecule has 1 saturated carbocycles. The van der Waals surface area contributed by atoms with Gasteiger partial charge in [0.05, 0.1) is 5.92 Å². The Hall–Kier alpha value is -2.62. The monoisotopic (exact) mass is 406 g/mol. The quantitative estimate of drug-likeness (QED) is 0.649. The summed E-state index contributed by atoms with van der Waals surface area (Å²) in [5.41, 5.74) is 1.85. The lowest BCUT2D eigenvalue weighted by molar-refractivity contribution is -0.130. The molecule has 3 rings (SSSR count). The van der Waals surface area contributed by atoms with Crippen LogP contribution in [0.15, 0.2) is 60.7 Å². The predicted molar refractivity (Wildman–Crippen MR) is 121 cm³/mol. The molecule has 2 aromatic rings. The first-order chi connectivity index (χ1) is 14.6. The maximum Gasteiger partial charge on any atom is 0.243 e. The molecule has 0 saturated heterocycles. The van der Waals surface area contributed by atoms with Gasteiger partial charge in [0, 0.05) is 6.04 Å². The van der Waals surface area contributed by atoms with E-state index in [1.54, 1.807) is 0 Å². The van der Waals surface area contributed by atoms with Crippen molar-refractivity contribution < 1.29 is 9.59 Å². The molecule has 4 nitrogen and oxygen atoms in total. The second kappa shape index (κ2) is 11.0. The summed E-state index contributed by atoms with van der Waals surface area (Å²) in [5.74, 6) is -0.640. The van der Waals surface area contributed by atoms with Gasteiger partial charge in [0.2, 0.25) is 11.8 Å². The Morgan fingerprint density at radius 1 is 0.767 bits per heavy atom. The summed E-state index contributed by atoms with van der Waals surface area (Å²) >= 11 is 0. The highest BCUT2D eigenvalue weighted by atomic mass is 16.2. The number of carbonyl (C=O) groups excluding carboxylic acids is 2. The minimum Gasteiger partial charge on any atom is -0.352 e. The SMILES string of the molecule is CC(C)[C@H](NC(=O)C(c1ccccc1)c1ccccc1)C(=O)NC1CCCCCC1. The third-order valence-electron chi connectivity index (χ3n) is 5.98. The van der Waals surface area contributed by atoms with E-state index in [1.807, 2.05) is 74.5 Å². The van der Waals surface area contributed by atoms with Gasteiger partial charge in [0.15, 0.2) is 0 Å². The molecule has 0 spiro atoms. The molecule has 4 heteroatoms. The van der Waals surface area contributed by atoms with Crippen LogP contribution in [-0.4, -0.2) is 23.9 Å². The summed E-state index contributed by atoms with van der Waals surface area (Å²) in [6.45, 7) is 3.97. The molecule has 1 fully saturated rings. The molecule has 160 valence electrons. The molecular weight excluding hydrogens is 372 g/mol. The van der Waals surface area contributed by atoms with Gasteiger partial charge in [-0.15, -0.1) is 0 Å². The van der Waals surface area contributed by atoms with E-state index in [4.69, 9.17) is 0 Å². The Morgan fingerprint density at radius 2 is 1.27 bits per heavy atom. The predicted octanol–water partition coefficient (Wildman–Crippen LogP) is 4.80. The van der Waals surface area contributed by atoms with Gasteiger partial charge < -0.3 is 10.6 Å². The highest BCUT2D eigenvalue weighted by Gasteiger charge is 2.30. The van der Waals surface area contributed by atoms with Gasteiger partial charge in [-0.25, -0.2) is 0 Å². The molecule has 2 N–H and O–H groups in total. The number of carbonyl (C=O) groups is 2. The van der Waals surface area contributed by atoms with Crippen LogP contribution >= 0.6 is 0 Å². The van der Waals surface area contributed by atoms with E-state index in [2.05, 4.69) is 10.6 Å². The fourth-order valence-corrected chi connectivity index (χ4v) is 4.27. The fourth-order valence-electron chi connectivity index (χ4n) is 4.27. The van der Waals surface area contributed by atoms with E-state index in [9.17, 15) is 9.59 Å². The zero-order valence-corrected chi connectivity index (χ0v) is 18.1. The van der Waals surface area contributed by atoms with Crippen LogP contribution in [0.4, 0.5) is 0 Å². The molecule has 2 aromatic carbocycles. The molecule has 0 bridgehead atoms. The van der Waals surface area contributed by atoms with Gasteiger partial charge in [0.25, 0.3) is 0 Å². The van der Waals surface area contributed by atoms with E-state index >= 15 is 0 Å². The first-order valence-electron chi connectivity index (χ1n) is 11.3. The van der Waals surface area contributed by atoms with E-state index in [0.29, 0.717) is 0 Å². The summed E-state index contributed by atoms with van der Waals surface area (Å²) in [7, 11) is 0. The second-order valence-corrected chi connectivity index (χ2v) is 8.68. The third-order valence-corrected chi connectivity index (χ3v) is 5.98. The molecule has 0 radical (unpaired) electrons. The zero-order valence-electron chi connectivity index (χ0n) is 18.1. The standard InChI is InChI=1S/C26H34N2O2/c1-19(2)24(26(30)27-22-17-11-3-4-12-18-22)28-25(29)23(20-13-7-5-8-14-20)21-15-9-6-10-16-21/h5-10,13-16,19,22-24H,3-4,11-12,17-18H2,1-2H3,(H,27,30)(H,28,29)/t24-/m0/s1. The van der Waals surface area contributed by atoms with E-state index in [-0.39, 0.29) is 23.8 Å². The average Bonchev–Trinajstić information content (AvgIpc) is 3.02. The summed E-state index contributed by atoms with van der Waals surface area (Å²) in [6, 6.07) is 19.2. The maximum absolute atomic E-state index is 13.4. The minimum atomic E-state index is -0.546. The third kappa shape index (κ3) is 5.94. The van der Waals surface area contributed by atoms with Crippen LogP contribution in [0.2, 0.25) is 0 Å². The normalized spacial score (nSPS) is 16.1. The molecule has 0 aliphatic heterocycles. The lowest BCUT2D eigenvalue weighted by Crippen LogP contribution is -2.53. The highest BCUT2D eigenvalue weighted by Crippen LogP contribution is 2.25. The number of amides is 2. The lowest BCUT2D eigenvalue weighted by Gasteiger charge is -2.27. The summed E-state index contributed by atoms with van der Waals surface area (Å²) in [5, 5.41) is 6.28. The Labute approximate surface area is 180 Å². The van der Waals surface area contributed by atoms with Gasteiger partial charge in [-0.2, -0.15) is 0 Å². The van der Waals surface area contributed by atoms with Crippen LogP contribution in [0.3, 0.4) is 0 Å². The van der Waals surface area contributed by atoms with Crippen LogP contribution in [0.5, 0.6) is 0 Å². The largest absolute Gasteiger partial charge is 0.352 e. The van der Waals surface area contributed by atoms with E-state index in [1.165, 1.54) is 12.8 Å². The first kappa shape index (κ1) is 22.1. The lowest BCUT2D eigenvalue weighted by atomic mass is 9.89. The van der Waals surface area contributed by atoms with Crippen LogP contribution < -0.4 is 10.6 Å². The van der Waals surface area contributed by atoms with Crippen molar-refractivity contribution in [3.63, 3.8) is 0 Å². The summed E-state index contributed by atoms with van der Waals surface area (Å²) < 4.78 is 0. The number of nitrogens with one attached hydrogen (secondary N) is 2. The Balaban J connectivity index is 1.77. The average molecular weight is 407 g/mol. The van der Waals surface area contributed by atoms with Crippen molar-refractivity contribution in [2.24, 2.45) is 5.92 Å². The van der Waals surface area contributed by atoms with Crippen molar-refractivity contribution >= 4 is 11.8 Å². The molecule has 1 aliphatic carbocycles. The Kier molecular flexibility index (Phi) is 8.06. The van der Waals surface area contributed by atoms with Crippen LogP contribution in [0.25, 0.3) is 0 Å². The van der Waals surface area contributed by atoms with Crippen LogP contribution in [-0.2, 0) is 9.59 Å². The molecule has 1 aliphatic rings. The summed E-state index contributed by atoms with van der Waals surface area (Å²) in [6.07, 6.45) is 6.86. The molecule has 0 heterocycles. The van der Waals surface area contributed by atoms with E-state index < -0.39 is 12.0 Å². The first-order valence-corrected chi connectivity index (χ1v) is 11.3. The van der Waals surface area contributed by atoms with Crippen molar-refractivity contribution in [2.45, 2.75) is 70.4 Å². The Morgan fingerprint density at radius 3 is 1.73 bits per heavy atom. The molecule has 0 aromatic heterocycles. The van der Waals surface area contributed by atoms with Crippen molar-refractivity contribution in [3.8, 4) is 0 Å². The van der Waals surface area contributed by atoms with Crippen molar-refractivity contribution in [1.29, 1.82) is 0 Å². The zero-order chi connectivity index (χ0) is 21.3. The van der Waals surface area contributed by atoms with Crippen LogP contribution in [0.1, 0.15) is 69.4 Å².